The number of benzene rings is 2. The first kappa shape index (κ1) is 14.1. The molecule has 0 bridgehead atoms. The Labute approximate surface area is 131 Å². The average molecular weight is 347 g/mol. The first-order chi connectivity index (χ1) is 10.2. The molecule has 0 saturated heterocycles. The van der Waals surface area contributed by atoms with Crippen molar-refractivity contribution >= 4 is 33.0 Å². The van der Waals surface area contributed by atoms with Gasteiger partial charge in [-0.05, 0) is 43.0 Å². The van der Waals surface area contributed by atoms with E-state index in [4.69, 9.17) is 0 Å². The largest absolute Gasteiger partial charge is 0.336 e. The van der Waals surface area contributed by atoms with E-state index in [1.54, 1.807) is 6.07 Å². The van der Waals surface area contributed by atoms with Gasteiger partial charge in [0.25, 0.3) is 5.69 Å². The maximum atomic E-state index is 11.4. The van der Waals surface area contributed by atoms with Crippen LogP contribution in [0.4, 0.5) is 17.1 Å². The van der Waals surface area contributed by atoms with E-state index in [1.807, 2.05) is 30.3 Å². The number of halogens is 1. The molecular formula is C16H15BrN2O2. The topological polar surface area (TPSA) is 46.4 Å². The van der Waals surface area contributed by atoms with Crippen LogP contribution in [0.25, 0.3) is 0 Å². The van der Waals surface area contributed by atoms with Gasteiger partial charge in [-0.2, -0.15) is 0 Å². The molecule has 2 aromatic carbocycles. The summed E-state index contributed by atoms with van der Waals surface area (Å²) in [5, 5.41) is 11.4. The molecular weight excluding hydrogens is 332 g/mol. The third-order valence-electron chi connectivity index (χ3n) is 3.79. The maximum absolute atomic E-state index is 11.4. The molecule has 1 heterocycles. The lowest BCUT2D eigenvalue weighted by molar-refractivity contribution is -0.384. The molecule has 0 fully saturated rings. The smallest absolute Gasteiger partial charge is 0.294 e. The molecule has 0 unspecified atom stereocenters. The average Bonchev–Trinajstić information content (AvgIpc) is 2.69. The molecule has 0 saturated carbocycles. The number of anilines is 2. The molecule has 1 aliphatic rings. The molecule has 108 valence electrons. The molecule has 4 nitrogen and oxygen atoms in total. The van der Waals surface area contributed by atoms with Crippen molar-refractivity contribution in [3.05, 3.63) is 62.6 Å². The van der Waals surface area contributed by atoms with Gasteiger partial charge in [0.2, 0.25) is 0 Å². The quantitative estimate of drug-likeness (QED) is 0.577. The van der Waals surface area contributed by atoms with Crippen LogP contribution in [0.2, 0.25) is 0 Å². The van der Waals surface area contributed by atoms with Crippen molar-refractivity contribution in [1.82, 2.24) is 0 Å². The fourth-order valence-electron chi connectivity index (χ4n) is 2.81. The second kappa shape index (κ2) is 5.85. The van der Waals surface area contributed by atoms with Gasteiger partial charge in [-0.25, -0.2) is 0 Å². The van der Waals surface area contributed by atoms with Crippen molar-refractivity contribution in [3.8, 4) is 0 Å². The summed E-state index contributed by atoms with van der Waals surface area (Å²) in [6.45, 7) is 0.805. The van der Waals surface area contributed by atoms with Crippen LogP contribution in [0.15, 0.2) is 46.9 Å². The van der Waals surface area contributed by atoms with Crippen molar-refractivity contribution in [2.24, 2.45) is 0 Å². The lowest BCUT2D eigenvalue weighted by Gasteiger charge is -2.24. The molecule has 5 heteroatoms. The van der Waals surface area contributed by atoms with E-state index in [-0.39, 0.29) is 10.6 Å². The van der Waals surface area contributed by atoms with Gasteiger partial charge in [0.15, 0.2) is 0 Å². The SMILES string of the molecule is O=[N+]([O-])c1cc(Br)ccc1N1CCCCc2ccccc21. The monoisotopic (exact) mass is 346 g/mol. The number of hydrogen-bond acceptors (Lipinski definition) is 3. The minimum Gasteiger partial charge on any atom is -0.336 e. The fourth-order valence-corrected chi connectivity index (χ4v) is 3.16. The summed E-state index contributed by atoms with van der Waals surface area (Å²) in [6, 6.07) is 13.4. The molecule has 0 N–H and O–H groups in total. The van der Waals surface area contributed by atoms with Crippen LogP contribution in [-0.4, -0.2) is 11.5 Å². The van der Waals surface area contributed by atoms with Crippen LogP contribution in [-0.2, 0) is 6.42 Å². The zero-order valence-electron chi connectivity index (χ0n) is 11.5. The Kier molecular flexibility index (Phi) is 3.92. The first-order valence-electron chi connectivity index (χ1n) is 6.96. The van der Waals surface area contributed by atoms with E-state index in [1.165, 1.54) is 5.56 Å². The van der Waals surface area contributed by atoms with Crippen molar-refractivity contribution in [2.45, 2.75) is 19.3 Å². The van der Waals surface area contributed by atoms with Gasteiger partial charge < -0.3 is 4.90 Å². The van der Waals surface area contributed by atoms with Gasteiger partial charge in [-0.15, -0.1) is 0 Å². The summed E-state index contributed by atoms with van der Waals surface area (Å²) >= 11 is 3.31. The number of fused-ring (bicyclic) bond motifs is 1. The fraction of sp³-hybridized carbons (Fsp3) is 0.250. The second-order valence-electron chi connectivity index (χ2n) is 5.13. The molecule has 1 aliphatic heterocycles. The standard InChI is InChI=1S/C16H15BrN2O2/c17-13-8-9-15(16(11-13)19(20)21)18-10-4-3-6-12-5-1-2-7-14(12)18/h1-2,5,7-9,11H,3-4,6,10H2. The van der Waals surface area contributed by atoms with Gasteiger partial charge >= 0.3 is 0 Å². The Bertz CT molecular complexity index is 688. The molecule has 21 heavy (non-hydrogen) atoms. The number of nitro benzene ring substituents is 1. The number of hydrogen-bond donors (Lipinski definition) is 0. The maximum Gasteiger partial charge on any atom is 0.294 e. The Morgan fingerprint density at radius 2 is 1.90 bits per heavy atom. The van der Waals surface area contributed by atoms with Crippen molar-refractivity contribution in [3.63, 3.8) is 0 Å². The van der Waals surface area contributed by atoms with Crippen LogP contribution in [0.5, 0.6) is 0 Å². The third-order valence-corrected chi connectivity index (χ3v) is 4.28. The molecule has 0 aliphatic carbocycles. The molecule has 3 rings (SSSR count). The van der Waals surface area contributed by atoms with Crippen molar-refractivity contribution < 1.29 is 4.92 Å². The highest BCUT2D eigenvalue weighted by Gasteiger charge is 2.23. The Morgan fingerprint density at radius 3 is 2.71 bits per heavy atom. The number of nitro groups is 1. The summed E-state index contributed by atoms with van der Waals surface area (Å²) in [5.41, 5.74) is 3.14. The summed E-state index contributed by atoms with van der Waals surface area (Å²) in [7, 11) is 0. The van der Waals surface area contributed by atoms with Crippen LogP contribution in [0.1, 0.15) is 18.4 Å². The number of aryl methyl sites for hydroxylation is 1. The number of rotatable bonds is 2. The molecule has 0 amide bonds. The zero-order valence-corrected chi connectivity index (χ0v) is 13.0. The van der Waals surface area contributed by atoms with E-state index in [0.717, 1.165) is 36.0 Å². The highest BCUT2D eigenvalue weighted by molar-refractivity contribution is 9.10. The third kappa shape index (κ3) is 2.78. The number of para-hydroxylation sites is 1. The predicted molar refractivity (Wildman–Crippen MR) is 87.2 cm³/mol. The van der Waals surface area contributed by atoms with Crippen LogP contribution in [0.3, 0.4) is 0 Å². The van der Waals surface area contributed by atoms with E-state index in [9.17, 15) is 10.1 Å². The molecule has 2 aromatic rings. The van der Waals surface area contributed by atoms with E-state index in [0.29, 0.717) is 5.69 Å². The highest BCUT2D eigenvalue weighted by Crippen LogP contribution is 2.38. The number of nitrogens with zero attached hydrogens (tertiary/aromatic N) is 2. The van der Waals surface area contributed by atoms with E-state index >= 15 is 0 Å². The summed E-state index contributed by atoms with van der Waals surface area (Å²) in [6.07, 6.45) is 3.16. The highest BCUT2D eigenvalue weighted by atomic mass is 79.9. The summed E-state index contributed by atoms with van der Waals surface area (Å²) < 4.78 is 0.723. The van der Waals surface area contributed by atoms with Gasteiger partial charge in [0.05, 0.1) is 4.92 Å². The Morgan fingerprint density at radius 1 is 1.10 bits per heavy atom. The van der Waals surface area contributed by atoms with E-state index < -0.39 is 0 Å². The summed E-state index contributed by atoms with van der Waals surface area (Å²) in [5.74, 6) is 0. The van der Waals surface area contributed by atoms with Crippen LogP contribution in [0, 0.1) is 10.1 Å². The normalized spacial score (nSPS) is 14.4. The Balaban J connectivity index is 2.14. The molecule has 0 radical (unpaired) electrons. The summed E-state index contributed by atoms with van der Waals surface area (Å²) in [4.78, 5) is 13.1. The van der Waals surface area contributed by atoms with Crippen molar-refractivity contribution in [2.75, 3.05) is 11.4 Å². The molecule has 0 atom stereocenters. The predicted octanol–water partition coefficient (Wildman–Crippen LogP) is 4.83. The molecule has 0 spiro atoms. The first-order valence-corrected chi connectivity index (χ1v) is 7.75. The minimum absolute atomic E-state index is 0.140. The van der Waals surface area contributed by atoms with Crippen molar-refractivity contribution in [1.29, 1.82) is 0 Å². The lowest BCUT2D eigenvalue weighted by Crippen LogP contribution is -2.19. The van der Waals surface area contributed by atoms with Crippen LogP contribution >= 0.6 is 15.9 Å². The van der Waals surface area contributed by atoms with Gasteiger partial charge in [0.1, 0.15) is 5.69 Å². The Hall–Kier alpha value is -1.88. The zero-order chi connectivity index (χ0) is 14.8. The van der Waals surface area contributed by atoms with E-state index in [2.05, 4.69) is 26.9 Å². The molecule has 0 aromatic heterocycles. The van der Waals surface area contributed by atoms with Gasteiger partial charge in [0, 0.05) is 22.8 Å². The second-order valence-corrected chi connectivity index (χ2v) is 6.04. The van der Waals surface area contributed by atoms with Crippen LogP contribution < -0.4 is 4.90 Å². The van der Waals surface area contributed by atoms with Gasteiger partial charge in [-0.1, -0.05) is 34.1 Å². The van der Waals surface area contributed by atoms with Gasteiger partial charge in [-0.3, -0.25) is 10.1 Å². The minimum atomic E-state index is -0.312. The lowest BCUT2D eigenvalue weighted by atomic mass is 10.1.